The molecule has 2 saturated carbocycles. The van der Waals surface area contributed by atoms with Crippen molar-refractivity contribution in [3.05, 3.63) is 29.3 Å². The summed E-state index contributed by atoms with van der Waals surface area (Å²) in [7, 11) is 0. The van der Waals surface area contributed by atoms with Crippen molar-refractivity contribution >= 4 is 0 Å². The molecule has 0 aromatic heterocycles. The maximum absolute atomic E-state index is 5.95. The van der Waals surface area contributed by atoms with Gasteiger partial charge in [0, 0.05) is 18.0 Å². The molecule has 0 bridgehead atoms. The molecule has 1 aromatic rings. The van der Waals surface area contributed by atoms with Crippen molar-refractivity contribution in [3.63, 3.8) is 0 Å². The van der Waals surface area contributed by atoms with E-state index in [1.54, 1.807) is 0 Å². The Balaban J connectivity index is 1.62. The molecule has 0 spiro atoms. The van der Waals surface area contributed by atoms with Crippen molar-refractivity contribution in [2.75, 3.05) is 13.2 Å². The lowest BCUT2D eigenvalue weighted by molar-refractivity contribution is 0.315. The zero-order valence-corrected chi connectivity index (χ0v) is 12.4. The third-order valence-electron chi connectivity index (χ3n) is 5.45. The van der Waals surface area contributed by atoms with Crippen LogP contribution in [0.3, 0.4) is 0 Å². The molecule has 0 saturated heterocycles. The van der Waals surface area contributed by atoms with Crippen molar-refractivity contribution in [3.8, 4) is 5.75 Å². The average Bonchev–Trinajstić information content (AvgIpc) is 2.91. The first-order chi connectivity index (χ1) is 9.86. The number of hydrogen-bond acceptors (Lipinski definition) is 2. The van der Waals surface area contributed by atoms with E-state index in [2.05, 4.69) is 30.4 Å². The van der Waals surface area contributed by atoms with Gasteiger partial charge in [0.2, 0.25) is 0 Å². The zero-order valence-electron chi connectivity index (χ0n) is 12.4. The SMILES string of the molecule is CCCNC(c1cccc2c1OCC2)C1CC2CC2C1. The molecule has 2 heteroatoms. The molecule has 1 N–H and O–H groups in total. The molecule has 4 rings (SSSR count). The summed E-state index contributed by atoms with van der Waals surface area (Å²) in [5, 5.41) is 3.82. The highest BCUT2D eigenvalue weighted by atomic mass is 16.5. The van der Waals surface area contributed by atoms with E-state index in [4.69, 9.17) is 4.74 Å². The molecule has 1 heterocycles. The number of para-hydroxylation sites is 1. The summed E-state index contributed by atoms with van der Waals surface area (Å²) >= 11 is 0. The first-order valence-electron chi connectivity index (χ1n) is 8.34. The van der Waals surface area contributed by atoms with Crippen molar-refractivity contribution in [1.82, 2.24) is 5.32 Å². The van der Waals surface area contributed by atoms with Crippen LogP contribution in [0.5, 0.6) is 5.75 Å². The van der Waals surface area contributed by atoms with Crippen molar-refractivity contribution in [2.45, 2.75) is 45.1 Å². The summed E-state index contributed by atoms with van der Waals surface area (Å²) in [6, 6.07) is 7.26. The highest BCUT2D eigenvalue weighted by molar-refractivity contribution is 5.46. The lowest BCUT2D eigenvalue weighted by Gasteiger charge is -2.28. The molecule has 3 aliphatic rings. The van der Waals surface area contributed by atoms with Gasteiger partial charge in [-0.05, 0) is 55.5 Å². The summed E-state index contributed by atoms with van der Waals surface area (Å²) in [6.45, 7) is 4.23. The van der Waals surface area contributed by atoms with Gasteiger partial charge in [-0.25, -0.2) is 0 Å². The lowest BCUT2D eigenvalue weighted by Crippen LogP contribution is -2.29. The maximum Gasteiger partial charge on any atom is 0.127 e. The topological polar surface area (TPSA) is 21.3 Å². The van der Waals surface area contributed by atoms with Gasteiger partial charge in [0.15, 0.2) is 0 Å². The second kappa shape index (κ2) is 5.07. The first kappa shape index (κ1) is 12.7. The Morgan fingerprint density at radius 3 is 2.90 bits per heavy atom. The molecule has 1 aromatic carbocycles. The van der Waals surface area contributed by atoms with Crippen LogP contribution in [-0.2, 0) is 6.42 Å². The van der Waals surface area contributed by atoms with Crippen LogP contribution in [0, 0.1) is 17.8 Å². The van der Waals surface area contributed by atoms with Crippen LogP contribution in [0.1, 0.15) is 49.8 Å². The Labute approximate surface area is 121 Å². The summed E-state index contributed by atoms with van der Waals surface area (Å²) in [5.41, 5.74) is 2.84. The highest BCUT2D eigenvalue weighted by Crippen LogP contribution is 2.57. The van der Waals surface area contributed by atoms with Gasteiger partial charge >= 0.3 is 0 Å². The van der Waals surface area contributed by atoms with E-state index in [1.807, 2.05) is 0 Å². The van der Waals surface area contributed by atoms with Gasteiger partial charge in [0.1, 0.15) is 5.75 Å². The van der Waals surface area contributed by atoms with E-state index >= 15 is 0 Å². The van der Waals surface area contributed by atoms with Crippen molar-refractivity contribution < 1.29 is 4.74 Å². The second-order valence-corrected chi connectivity index (χ2v) is 6.85. The van der Waals surface area contributed by atoms with E-state index in [0.29, 0.717) is 6.04 Å². The van der Waals surface area contributed by atoms with Crippen LogP contribution < -0.4 is 10.1 Å². The van der Waals surface area contributed by atoms with Gasteiger partial charge in [0.25, 0.3) is 0 Å². The van der Waals surface area contributed by atoms with E-state index in [0.717, 1.165) is 37.3 Å². The highest BCUT2D eigenvalue weighted by Gasteiger charge is 2.48. The first-order valence-corrected chi connectivity index (χ1v) is 8.34. The number of rotatable bonds is 5. The standard InChI is InChI=1S/C18H25NO/c1-2-7-19-17(15-10-13-9-14(13)11-15)16-5-3-4-12-6-8-20-18(12)16/h3-5,13-15,17,19H,2,6-11H2,1H3. The van der Waals surface area contributed by atoms with E-state index < -0.39 is 0 Å². The molecule has 0 radical (unpaired) electrons. The Kier molecular flexibility index (Phi) is 3.22. The van der Waals surface area contributed by atoms with E-state index in [1.165, 1.54) is 42.6 Å². The van der Waals surface area contributed by atoms with Crippen LogP contribution >= 0.6 is 0 Å². The van der Waals surface area contributed by atoms with Crippen molar-refractivity contribution in [1.29, 1.82) is 0 Å². The number of hydrogen-bond donors (Lipinski definition) is 1. The number of fused-ring (bicyclic) bond motifs is 2. The van der Waals surface area contributed by atoms with Crippen LogP contribution in [0.25, 0.3) is 0 Å². The third-order valence-corrected chi connectivity index (χ3v) is 5.45. The summed E-state index contributed by atoms with van der Waals surface area (Å²) in [4.78, 5) is 0. The molecule has 3 unspecified atom stereocenters. The fraction of sp³-hybridized carbons (Fsp3) is 0.667. The Morgan fingerprint density at radius 2 is 2.10 bits per heavy atom. The Morgan fingerprint density at radius 1 is 1.25 bits per heavy atom. The second-order valence-electron chi connectivity index (χ2n) is 6.85. The number of nitrogens with one attached hydrogen (secondary N) is 1. The molecule has 2 aliphatic carbocycles. The minimum Gasteiger partial charge on any atom is -0.493 e. The van der Waals surface area contributed by atoms with Gasteiger partial charge in [-0.3, -0.25) is 0 Å². The molecule has 1 aliphatic heterocycles. The minimum atomic E-state index is 0.510. The molecule has 20 heavy (non-hydrogen) atoms. The molecule has 0 amide bonds. The summed E-state index contributed by atoms with van der Waals surface area (Å²) in [5.74, 6) is 4.11. The molecule has 2 fully saturated rings. The predicted octanol–water partition coefficient (Wildman–Crippen LogP) is 3.71. The number of ether oxygens (including phenoxy) is 1. The van der Waals surface area contributed by atoms with E-state index in [-0.39, 0.29) is 0 Å². The lowest BCUT2D eigenvalue weighted by atomic mass is 9.87. The van der Waals surface area contributed by atoms with Crippen LogP contribution in [0.2, 0.25) is 0 Å². The Bertz CT molecular complexity index is 488. The fourth-order valence-electron chi connectivity index (χ4n) is 4.35. The van der Waals surface area contributed by atoms with Gasteiger partial charge in [0.05, 0.1) is 6.61 Å². The smallest absolute Gasteiger partial charge is 0.127 e. The summed E-state index contributed by atoms with van der Waals surface area (Å²) < 4.78 is 5.95. The average molecular weight is 271 g/mol. The normalized spacial score (nSPS) is 31.6. The monoisotopic (exact) mass is 271 g/mol. The van der Waals surface area contributed by atoms with Gasteiger partial charge in [-0.15, -0.1) is 0 Å². The zero-order chi connectivity index (χ0) is 13.5. The van der Waals surface area contributed by atoms with Crippen LogP contribution in [0.15, 0.2) is 18.2 Å². The maximum atomic E-state index is 5.95. The van der Waals surface area contributed by atoms with Gasteiger partial charge in [-0.1, -0.05) is 25.1 Å². The number of benzene rings is 1. The molecular formula is C18H25NO. The van der Waals surface area contributed by atoms with Crippen LogP contribution in [0.4, 0.5) is 0 Å². The summed E-state index contributed by atoms with van der Waals surface area (Å²) in [6.07, 6.45) is 6.64. The molecule has 108 valence electrons. The van der Waals surface area contributed by atoms with Gasteiger partial charge in [-0.2, -0.15) is 0 Å². The molecule has 2 nitrogen and oxygen atoms in total. The molecule has 3 atom stereocenters. The van der Waals surface area contributed by atoms with Gasteiger partial charge < -0.3 is 10.1 Å². The largest absolute Gasteiger partial charge is 0.493 e. The van der Waals surface area contributed by atoms with Crippen LogP contribution in [-0.4, -0.2) is 13.2 Å². The Hall–Kier alpha value is -1.02. The van der Waals surface area contributed by atoms with E-state index in [9.17, 15) is 0 Å². The quantitative estimate of drug-likeness (QED) is 0.881. The fourth-order valence-corrected chi connectivity index (χ4v) is 4.35. The predicted molar refractivity (Wildman–Crippen MR) is 81.0 cm³/mol. The minimum absolute atomic E-state index is 0.510. The van der Waals surface area contributed by atoms with Crippen molar-refractivity contribution in [2.24, 2.45) is 17.8 Å². The molecular weight excluding hydrogens is 246 g/mol. The third kappa shape index (κ3) is 2.14.